The predicted molar refractivity (Wildman–Crippen MR) is 41.8 cm³/mol. The second kappa shape index (κ2) is 2.92. The van der Waals surface area contributed by atoms with Crippen molar-refractivity contribution in [3.63, 3.8) is 0 Å². The maximum atomic E-state index is 5.68. The zero-order chi connectivity index (χ0) is 6.85. The minimum atomic E-state index is 0.864. The molecule has 0 saturated heterocycles. The molecule has 0 radical (unpaired) electrons. The van der Waals surface area contributed by atoms with E-state index in [1.807, 2.05) is 0 Å². The molecule has 2 unspecified atom stereocenters. The van der Waals surface area contributed by atoms with Crippen LogP contribution in [0.3, 0.4) is 0 Å². The standard InChI is InChI=1S/C8H15Cl/c1-6(2)3-7-4-8(7)5-9/h6-8H,3-5H2,1-2H3. The van der Waals surface area contributed by atoms with E-state index in [1.54, 1.807) is 0 Å². The smallest absolute Gasteiger partial charge is 0.0254 e. The number of halogens is 1. The summed E-state index contributed by atoms with van der Waals surface area (Å²) in [5.74, 6) is 3.59. The molecular weight excluding hydrogens is 132 g/mol. The van der Waals surface area contributed by atoms with Crippen molar-refractivity contribution < 1.29 is 0 Å². The molecule has 1 heteroatoms. The van der Waals surface area contributed by atoms with Crippen LogP contribution in [-0.4, -0.2) is 5.88 Å². The molecule has 0 aromatic heterocycles. The molecule has 1 saturated carbocycles. The number of hydrogen-bond donors (Lipinski definition) is 0. The van der Waals surface area contributed by atoms with Gasteiger partial charge in [-0.3, -0.25) is 0 Å². The van der Waals surface area contributed by atoms with E-state index in [-0.39, 0.29) is 0 Å². The van der Waals surface area contributed by atoms with Crippen LogP contribution in [0.2, 0.25) is 0 Å². The second-order valence-corrected chi connectivity index (χ2v) is 3.85. The Morgan fingerprint density at radius 2 is 2.11 bits per heavy atom. The normalized spacial score (nSPS) is 33.3. The van der Waals surface area contributed by atoms with Gasteiger partial charge < -0.3 is 0 Å². The third-order valence-electron chi connectivity index (χ3n) is 2.04. The van der Waals surface area contributed by atoms with E-state index in [0.29, 0.717) is 0 Å². The molecule has 54 valence electrons. The molecule has 9 heavy (non-hydrogen) atoms. The summed E-state index contributed by atoms with van der Waals surface area (Å²) in [6.07, 6.45) is 2.78. The average Bonchev–Trinajstić information content (AvgIpc) is 2.45. The quantitative estimate of drug-likeness (QED) is 0.538. The van der Waals surface area contributed by atoms with E-state index in [1.165, 1.54) is 12.8 Å². The minimum absolute atomic E-state index is 0.864. The fourth-order valence-electron chi connectivity index (χ4n) is 1.39. The van der Waals surface area contributed by atoms with E-state index in [2.05, 4.69) is 13.8 Å². The lowest BCUT2D eigenvalue weighted by Gasteiger charge is -2.00. The largest absolute Gasteiger partial charge is 0.126 e. The van der Waals surface area contributed by atoms with Crippen molar-refractivity contribution >= 4 is 11.6 Å². The molecule has 0 nitrogen and oxygen atoms in total. The topological polar surface area (TPSA) is 0 Å². The Balaban J connectivity index is 2.05. The van der Waals surface area contributed by atoms with Crippen LogP contribution in [0.25, 0.3) is 0 Å². The summed E-state index contributed by atoms with van der Waals surface area (Å²) < 4.78 is 0. The summed E-state index contributed by atoms with van der Waals surface area (Å²) in [6, 6.07) is 0. The summed E-state index contributed by atoms with van der Waals surface area (Å²) in [6.45, 7) is 4.56. The molecule has 0 bridgehead atoms. The second-order valence-electron chi connectivity index (χ2n) is 3.54. The Kier molecular flexibility index (Phi) is 2.40. The van der Waals surface area contributed by atoms with Crippen molar-refractivity contribution in [1.29, 1.82) is 0 Å². The Morgan fingerprint density at radius 3 is 2.44 bits per heavy atom. The van der Waals surface area contributed by atoms with Crippen LogP contribution in [0.4, 0.5) is 0 Å². The molecule has 1 aliphatic carbocycles. The van der Waals surface area contributed by atoms with Gasteiger partial charge in [0.15, 0.2) is 0 Å². The van der Waals surface area contributed by atoms with Crippen LogP contribution in [0.1, 0.15) is 26.7 Å². The molecule has 0 aliphatic heterocycles. The van der Waals surface area contributed by atoms with Crippen molar-refractivity contribution in [1.82, 2.24) is 0 Å². The summed E-state index contributed by atoms with van der Waals surface area (Å²) in [5.41, 5.74) is 0. The highest BCUT2D eigenvalue weighted by atomic mass is 35.5. The van der Waals surface area contributed by atoms with Crippen molar-refractivity contribution in [2.24, 2.45) is 17.8 Å². The first-order chi connectivity index (χ1) is 4.24. The van der Waals surface area contributed by atoms with E-state index < -0.39 is 0 Å². The van der Waals surface area contributed by atoms with E-state index in [0.717, 1.165) is 23.6 Å². The maximum Gasteiger partial charge on any atom is 0.0254 e. The first-order valence-corrected chi connectivity index (χ1v) is 4.33. The lowest BCUT2D eigenvalue weighted by atomic mass is 10.1. The molecule has 0 heterocycles. The number of rotatable bonds is 3. The Morgan fingerprint density at radius 1 is 1.44 bits per heavy atom. The van der Waals surface area contributed by atoms with Crippen LogP contribution < -0.4 is 0 Å². The SMILES string of the molecule is CC(C)CC1CC1CCl. The monoisotopic (exact) mass is 146 g/mol. The fourth-order valence-corrected chi connectivity index (χ4v) is 1.77. The molecule has 1 fully saturated rings. The average molecular weight is 147 g/mol. The van der Waals surface area contributed by atoms with E-state index >= 15 is 0 Å². The third kappa shape index (κ3) is 2.17. The highest BCUT2D eigenvalue weighted by molar-refractivity contribution is 6.18. The van der Waals surface area contributed by atoms with Gasteiger partial charge in [-0.1, -0.05) is 13.8 Å². The maximum absolute atomic E-state index is 5.68. The highest BCUT2D eigenvalue weighted by Crippen LogP contribution is 2.43. The van der Waals surface area contributed by atoms with Crippen LogP contribution in [0, 0.1) is 17.8 Å². The number of alkyl halides is 1. The molecule has 1 rings (SSSR count). The number of hydrogen-bond acceptors (Lipinski definition) is 0. The van der Waals surface area contributed by atoms with Gasteiger partial charge in [-0.25, -0.2) is 0 Å². The predicted octanol–water partition coefficient (Wildman–Crippen LogP) is 2.91. The molecule has 2 atom stereocenters. The van der Waals surface area contributed by atoms with Gasteiger partial charge in [0.2, 0.25) is 0 Å². The van der Waals surface area contributed by atoms with Crippen LogP contribution in [0.15, 0.2) is 0 Å². The molecule has 0 N–H and O–H groups in total. The Bertz CT molecular complexity index is 88.6. The van der Waals surface area contributed by atoms with Crippen LogP contribution in [-0.2, 0) is 0 Å². The molecule has 0 amide bonds. The van der Waals surface area contributed by atoms with Crippen LogP contribution in [0.5, 0.6) is 0 Å². The molecule has 1 aliphatic rings. The van der Waals surface area contributed by atoms with Crippen molar-refractivity contribution in [2.75, 3.05) is 5.88 Å². The van der Waals surface area contributed by atoms with Crippen LogP contribution >= 0.6 is 11.6 Å². The minimum Gasteiger partial charge on any atom is -0.126 e. The fraction of sp³-hybridized carbons (Fsp3) is 1.00. The summed E-state index contributed by atoms with van der Waals surface area (Å²) >= 11 is 5.68. The Hall–Kier alpha value is 0.290. The highest BCUT2D eigenvalue weighted by Gasteiger charge is 2.35. The zero-order valence-corrected chi connectivity index (χ0v) is 6.99. The lowest BCUT2D eigenvalue weighted by molar-refractivity contribution is 0.521. The third-order valence-corrected chi connectivity index (χ3v) is 2.44. The lowest BCUT2D eigenvalue weighted by Crippen LogP contribution is -1.91. The summed E-state index contributed by atoms with van der Waals surface area (Å²) in [7, 11) is 0. The molecular formula is C8H15Cl. The zero-order valence-electron chi connectivity index (χ0n) is 6.23. The Labute approximate surface area is 62.6 Å². The van der Waals surface area contributed by atoms with Gasteiger partial charge in [0.1, 0.15) is 0 Å². The summed E-state index contributed by atoms with van der Waals surface area (Å²) in [4.78, 5) is 0. The van der Waals surface area contributed by atoms with Gasteiger partial charge in [0, 0.05) is 5.88 Å². The van der Waals surface area contributed by atoms with Gasteiger partial charge in [-0.15, -0.1) is 11.6 Å². The molecule has 0 aromatic carbocycles. The van der Waals surface area contributed by atoms with Gasteiger partial charge in [-0.05, 0) is 30.6 Å². The summed E-state index contributed by atoms with van der Waals surface area (Å²) in [5, 5.41) is 0. The first kappa shape index (κ1) is 7.40. The van der Waals surface area contributed by atoms with Gasteiger partial charge in [0.05, 0.1) is 0 Å². The van der Waals surface area contributed by atoms with Gasteiger partial charge in [0.25, 0.3) is 0 Å². The molecule has 0 spiro atoms. The first-order valence-electron chi connectivity index (χ1n) is 3.80. The van der Waals surface area contributed by atoms with Crippen molar-refractivity contribution in [3.8, 4) is 0 Å². The van der Waals surface area contributed by atoms with Gasteiger partial charge >= 0.3 is 0 Å². The van der Waals surface area contributed by atoms with Crippen molar-refractivity contribution in [3.05, 3.63) is 0 Å². The molecule has 0 aromatic rings. The van der Waals surface area contributed by atoms with E-state index in [4.69, 9.17) is 11.6 Å². The van der Waals surface area contributed by atoms with Crippen molar-refractivity contribution in [2.45, 2.75) is 26.7 Å². The van der Waals surface area contributed by atoms with Gasteiger partial charge in [-0.2, -0.15) is 0 Å². The van der Waals surface area contributed by atoms with E-state index in [9.17, 15) is 0 Å².